The summed E-state index contributed by atoms with van der Waals surface area (Å²) in [5.74, 6) is 0. The van der Waals surface area contributed by atoms with Crippen molar-refractivity contribution >= 4 is 0 Å². The van der Waals surface area contributed by atoms with Crippen LogP contribution in [0.5, 0.6) is 0 Å². The lowest BCUT2D eigenvalue weighted by molar-refractivity contribution is 0.0318. The molecular weight excluding hydrogens is 174 g/mol. The third-order valence-corrected chi connectivity index (χ3v) is 3.31. The third-order valence-electron chi connectivity index (χ3n) is 3.31. The molecule has 2 atom stereocenters. The van der Waals surface area contributed by atoms with Crippen molar-refractivity contribution in [2.45, 2.75) is 58.6 Å². The third kappa shape index (κ3) is 3.25. The first kappa shape index (κ1) is 12.0. The van der Waals surface area contributed by atoms with Crippen molar-refractivity contribution in [2.75, 3.05) is 13.6 Å². The van der Waals surface area contributed by atoms with Gasteiger partial charge in [-0.1, -0.05) is 20.8 Å². The van der Waals surface area contributed by atoms with Crippen LogP contribution in [-0.2, 0) is 0 Å². The number of aliphatic hydroxyl groups is 1. The van der Waals surface area contributed by atoms with Gasteiger partial charge in [-0.05, 0) is 38.6 Å². The Bertz CT molecular complexity index is 185. The van der Waals surface area contributed by atoms with Crippen molar-refractivity contribution < 1.29 is 5.11 Å². The van der Waals surface area contributed by atoms with E-state index in [-0.39, 0.29) is 0 Å². The summed E-state index contributed by atoms with van der Waals surface area (Å²) in [7, 11) is 2.10. The molecule has 1 aliphatic rings. The van der Waals surface area contributed by atoms with Crippen LogP contribution in [0.3, 0.4) is 0 Å². The van der Waals surface area contributed by atoms with Crippen molar-refractivity contribution in [1.29, 1.82) is 0 Å². The summed E-state index contributed by atoms with van der Waals surface area (Å²) >= 11 is 0. The molecule has 2 unspecified atom stereocenters. The zero-order valence-corrected chi connectivity index (χ0v) is 10.3. The summed E-state index contributed by atoms with van der Waals surface area (Å²) in [4.78, 5) is 2.25. The van der Waals surface area contributed by atoms with Gasteiger partial charge in [0, 0.05) is 12.6 Å². The Balaban J connectivity index is 2.45. The van der Waals surface area contributed by atoms with E-state index in [4.69, 9.17) is 0 Å². The standard InChI is InChI=1S/C12H25NO/c1-10-8-12(14,9-13(10)5)7-6-11(2,3)4/h10,14H,6-9H2,1-5H3. The van der Waals surface area contributed by atoms with Gasteiger partial charge in [-0.3, -0.25) is 0 Å². The van der Waals surface area contributed by atoms with Crippen LogP contribution in [0.15, 0.2) is 0 Å². The molecule has 1 N–H and O–H groups in total. The van der Waals surface area contributed by atoms with Gasteiger partial charge in [0.25, 0.3) is 0 Å². The van der Waals surface area contributed by atoms with Gasteiger partial charge in [0.05, 0.1) is 5.60 Å². The Hall–Kier alpha value is -0.0800. The monoisotopic (exact) mass is 199 g/mol. The van der Waals surface area contributed by atoms with E-state index in [9.17, 15) is 5.11 Å². The average Bonchev–Trinajstić information content (AvgIpc) is 2.23. The number of nitrogens with zero attached hydrogens (tertiary/aromatic N) is 1. The van der Waals surface area contributed by atoms with E-state index in [1.807, 2.05) is 0 Å². The lowest BCUT2D eigenvalue weighted by atomic mass is 9.84. The van der Waals surface area contributed by atoms with E-state index >= 15 is 0 Å². The highest BCUT2D eigenvalue weighted by atomic mass is 16.3. The molecule has 1 aliphatic heterocycles. The van der Waals surface area contributed by atoms with E-state index in [1.165, 1.54) is 0 Å². The maximum atomic E-state index is 10.4. The van der Waals surface area contributed by atoms with Crippen molar-refractivity contribution in [2.24, 2.45) is 5.41 Å². The second-order valence-corrected chi connectivity index (χ2v) is 6.25. The SMILES string of the molecule is CC1CC(O)(CCC(C)(C)C)CN1C. The first-order chi connectivity index (χ1) is 6.22. The molecule has 0 bridgehead atoms. The molecule has 0 spiro atoms. The maximum Gasteiger partial charge on any atom is 0.0789 e. The highest BCUT2D eigenvalue weighted by Gasteiger charge is 2.38. The van der Waals surface area contributed by atoms with Crippen molar-refractivity contribution in [3.05, 3.63) is 0 Å². The topological polar surface area (TPSA) is 23.5 Å². The van der Waals surface area contributed by atoms with E-state index < -0.39 is 5.60 Å². The van der Waals surface area contributed by atoms with Crippen LogP contribution in [-0.4, -0.2) is 35.2 Å². The molecular formula is C12H25NO. The largest absolute Gasteiger partial charge is 0.388 e. The Labute approximate surface area is 88.3 Å². The van der Waals surface area contributed by atoms with Crippen LogP contribution >= 0.6 is 0 Å². The van der Waals surface area contributed by atoms with Gasteiger partial charge in [-0.25, -0.2) is 0 Å². The molecule has 0 radical (unpaired) electrons. The van der Waals surface area contributed by atoms with Crippen LogP contribution in [0.25, 0.3) is 0 Å². The van der Waals surface area contributed by atoms with E-state index in [0.717, 1.165) is 25.8 Å². The summed E-state index contributed by atoms with van der Waals surface area (Å²) in [5.41, 5.74) is -0.0957. The molecule has 0 amide bonds. The summed E-state index contributed by atoms with van der Waals surface area (Å²) < 4.78 is 0. The quantitative estimate of drug-likeness (QED) is 0.737. The molecule has 0 aromatic heterocycles. The minimum atomic E-state index is -0.429. The van der Waals surface area contributed by atoms with Gasteiger partial charge in [0.1, 0.15) is 0 Å². The Morgan fingerprint density at radius 1 is 1.43 bits per heavy atom. The number of likely N-dealkylation sites (tertiary alicyclic amines) is 1. The Morgan fingerprint density at radius 2 is 2.00 bits per heavy atom. The molecule has 0 aromatic carbocycles. The highest BCUT2D eigenvalue weighted by molar-refractivity contribution is 4.93. The van der Waals surface area contributed by atoms with Gasteiger partial charge < -0.3 is 10.0 Å². The Morgan fingerprint density at radius 3 is 2.36 bits per heavy atom. The Kier molecular flexibility index (Phi) is 3.27. The van der Waals surface area contributed by atoms with Crippen molar-refractivity contribution in [1.82, 2.24) is 4.90 Å². The molecule has 0 saturated carbocycles. The number of hydrogen-bond acceptors (Lipinski definition) is 2. The van der Waals surface area contributed by atoms with Crippen molar-refractivity contribution in [3.8, 4) is 0 Å². The molecule has 2 nitrogen and oxygen atoms in total. The van der Waals surface area contributed by atoms with Gasteiger partial charge in [-0.15, -0.1) is 0 Å². The highest BCUT2D eigenvalue weighted by Crippen LogP contribution is 2.33. The number of β-amino-alcohol motifs (C(OH)–C–C–N with tert-alkyl or cyclic N) is 1. The van der Waals surface area contributed by atoms with Crippen LogP contribution < -0.4 is 0 Å². The number of likely N-dealkylation sites (N-methyl/N-ethyl adjacent to an activating group) is 1. The average molecular weight is 199 g/mol. The molecule has 1 saturated heterocycles. The summed E-state index contributed by atoms with van der Waals surface area (Å²) in [6, 6.07) is 0.528. The lowest BCUT2D eigenvalue weighted by Crippen LogP contribution is -2.33. The number of hydrogen-bond donors (Lipinski definition) is 1. The van der Waals surface area contributed by atoms with Gasteiger partial charge in [-0.2, -0.15) is 0 Å². The lowest BCUT2D eigenvalue weighted by Gasteiger charge is -2.27. The minimum Gasteiger partial charge on any atom is -0.388 e. The second-order valence-electron chi connectivity index (χ2n) is 6.25. The zero-order valence-electron chi connectivity index (χ0n) is 10.3. The molecule has 1 fully saturated rings. The zero-order chi connectivity index (χ0) is 11.0. The van der Waals surface area contributed by atoms with Crippen LogP contribution in [0.2, 0.25) is 0 Å². The van der Waals surface area contributed by atoms with Crippen LogP contribution in [0, 0.1) is 5.41 Å². The van der Waals surface area contributed by atoms with Gasteiger partial charge >= 0.3 is 0 Å². The van der Waals surface area contributed by atoms with E-state index in [2.05, 4.69) is 39.6 Å². The second kappa shape index (κ2) is 3.82. The maximum absolute atomic E-state index is 10.4. The van der Waals surface area contributed by atoms with E-state index in [0.29, 0.717) is 11.5 Å². The molecule has 14 heavy (non-hydrogen) atoms. The fraction of sp³-hybridized carbons (Fsp3) is 1.00. The molecule has 0 aromatic rings. The fourth-order valence-corrected chi connectivity index (χ4v) is 2.18. The normalized spacial score (nSPS) is 35.1. The number of rotatable bonds is 2. The molecule has 1 heterocycles. The predicted octanol–water partition coefficient (Wildman–Crippen LogP) is 2.27. The predicted molar refractivity (Wildman–Crippen MR) is 60.3 cm³/mol. The fourth-order valence-electron chi connectivity index (χ4n) is 2.18. The van der Waals surface area contributed by atoms with E-state index in [1.54, 1.807) is 0 Å². The van der Waals surface area contributed by atoms with Crippen LogP contribution in [0.4, 0.5) is 0 Å². The molecule has 1 rings (SSSR count). The summed E-state index contributed by atoms with van der Waals surface area (Å²) in [6.07, 6.45) is 2.97. The van der Waals surface area contributed by atoms with Gasteiger partial charge in [0.15, 0.2) is 0 Å². The first-order valence-electron chi connectivity index (χ1n) is 5.65. The molecule has 2 heteroatoms. The molecule has 0 aliphatic carbocycles. The van der Waals surface area contributed by atoms with Crippen molar-refractivity contribution in [3.63, 3.8) is 0 Å². The molecule has 84 valence electrons. The summed E-state index contributed by atoms with van der Waals surface area (Å²) in [6.45, 7) is 9.73. The smallest absolute Gasteiger partial charge is 0.0789 e. The van der Waals surface area contributed by atoms with Crippen LogP contribution in [0.1, 0.15) is 47.0 Å². The first-order valence-corrected chi connectivity index (χ1v) is 5.65. The minimum absolute atomic E-state index is 0.333. The summed E-state index contributed by atoms with van der Waals surface area (Å²) in [5, 5.41) is 10.4. The van der Waals surface area contributed by atoms with Gasteiger partial charge in [0.2, 0.25) is 0 Å².